The fourth-order valence-electron chi connectivity index (χ4n) is 1.59. The number of aryl methyl sites for hydroxylation is 1. The highest BCUT2D eigenvalue weighted by atomic mass is 19.4. The first-order valence-electron chi connectivity index (χ1n) is 4.89. The number of methoxy groups -OCH3 is 1. The molecule has 0 fully saturated rings. The number of benzene rings is 1. The number of fused-ring (bicyclic) bond motifs is 1. The lowest BCUT2D eigenvalue weighted by Crippen LogP contribution is -2.09. The summed E-state index contributed by atoms with van der Waals surface area (Å²) in [6.45, 7) is 1.43. The Morgan fingerprint density at radius 3 is 2.61 bits per heavy atom. The Balaban J connectivity index is 2.76. The Morgan fingerprint density at radius 1 is 1.39 bits per heavy atom. The van der Waals surface area contributed by atoms with E-state index in [9.17, 15) is 18.0 Å². The van der Waals surface area contributed by atoms with E-state index < -0.39 is 17.7 Å². The maximum absolute atomic E-state index is 12.8. The monoisotopic (exact) mass is 259 g/mol. The number of ether oxygens (including phenoxy) is 1. The molecule has 2 rings (SSSR count). The van der Waals surface area contributed by atoms with Crippen LogP contribution in [0.2, 0.25) is 0 Å². The van der Waals surface area contributed by atoms with E-state index in [0.29, 0.717) is 6.07 Å². The first kappa shape index (κ1) is 12.4. The summed E-state index contributed by atoms with van der Waals surface area (Å²) in [6, 6.07) is 1.89. The van der Waals surface area contributed by atoms with Crippen LogP contribution in [0.15, 0.2) is 16.5 Å². The van der Waals surface area contributed by atoms with E-state index in [1.807, 2.05) is 0 Å². The summed E-state index contributed by atoms with van der Waals surface area (Å²) in [5.41, 5.74) is -1.66. The summed E-state index contributed by atoms with van der Waals surface area (Å²) in [5, 5.41) is 0. The lowest BCUT2D eigenvalue weighted by atomic mass is 10.1. The number of carbonyl (C=O) groups excluding carboxylic acids is 1. The molecule has 0 atom stereocenters. The summed E-state index contributed by atoms with van der Waals surface area (Å²) in [6.07, 6.45) is -4.63. The molecule has 7 heteroatoms. The van der Waals surface area contributed by atoms with E-state index in [1.54, 1.807) is 0 Å². The number of alkyl halides is 3. The van der Waals surface area contributed by atoms with Crippen LogP contribution in [0.4, 0.5) is 13.2 Å². The van der Waals surface area contributed by atoms with Crippen LogP contribution in [0, 0.1) is 6.92 Å². The van der Waals surface area contributed by atoms with Crippen molar-refractivity contribution in [2.24, 2.45) is 0 Å². The Labute approximate surface area is 99.4 Å². The average molecular weight is 259 g/mol. The van der Waals surface area contributed by atoms with Crippen molar-refractivity contribution in [2.45, 2.75) is 13.1 Å². The van der Waals surface area contributed by atoms with E-state index in [1.165, 1.54) is 13.0 Å². The largest absolute Gasteiger partial charge is 0.465 e. The molecule has 0 aliphatic rings. The van der Waals surface area contributed by atoms with Crippen molar-refractivity contribution in [1.29, 1.82) is 0 Å². The van der Waals surface area contributed by atoms with Crippen molar-refractivity contribution in [1.82, 2.24) is 4.98 Å². The molecular weight excluding hydrogens is 251 g/mol. The standard InChI is InChI=1S/C11H8F3NO3/c1-5-15-8-4-6(10(16)17-2)3-7(9(8)18-5)11(12,13)14/h3-4H,1-2H3. The van der Waals surface area contributed by atoms with Crippen LogP contribution in [-0.2, 0) is 10.9 Å². The lowest BCUT2D eigenvalue weighted by molar-refractivity contribution is -0.136. The van der Waals surface area contributed by atoms with Gasteiger partial charge in [-0.2, -0.15) is 13.2 Å². The van der Waals surface area contributed by atoms with Gasteiger partial charge in [0.05, 0.1) is 12.7 Å². The first-order chi connectivity index (χ1) is 8.32. The molecule has 0 aliphatic carbocycles. The number of hydrogen-bond donors (Lipinski definition) is 0. The summed E-state index contributed by atoms with van der Waals surface area (Å²) >= 11 is 0. The van der Waals surface area contributed by atoms with Crippen LogP contribution in [0.5, 0.6) is 0 Å². The van der Waals surface area contributed by atoms with Gasteiger partial charge in [-0.05, 0) is 12.1 Å². The molecule has 0 aliphatic heterocycles. The molecule has 2 aromatic rings. The predicted molar refractivity (Wildman–Crippen MR) is 55.1 cm³/mol. The molecule has 96 valence electrons. The highest BCUT2D eigenvalue weighted by Gasteiger charge is 2.36. The summed E-state index contributed by atoms with van der Waals surface area (Å²) in [4.78, 5) is 15.1. The van der Waals surface area contributed by atoms with Gasteiger partial charge in [0.2, 0.25) is 0 Å². The van der Waals surface area contributed by atoms with Gasteiger partial charge in [0.15, 0.2) is 11.5 Å². The first-order valence-corrected chi connectivity index (χ1v) is 4.89. The fourth-order valence-corrected chi connectivity index (χ4v) is 1.59. The number of rotatable bonds is 1. The van der Waals surface area contributed by atoms with E-state index in [2.05, 4.69) is 9.72 Å². The second kappa shape index (κ2) is 4.01. The number of nitrogens with zero attached hydrogens (tertiary/aromatic N) is 1. The van der Waals surface area contributed by atoms with Crippen LogP contribution < -0.4 is 0 Å². The zero-order valence-corrected chi connectivity index (χ0v) is 9.46. The van der Waals surface area contributed by atoms with E-state index in [-0.39, 0.29) is 22.6 Å². The normalized spacial score (nSPS) is 11.8. The van der Waals surface area contributed by atoms with Gasteiger partial charge in [0, 0.05) is 6.92 Å². The molecule has 18 heavy (non-hydrogen) atoms. The molecule has 0 bridgehead atoms. The summed E-state index contributed by atoms with van der Waals surface area (Å²) < 4.78 is 47.8. The van der Waals surface area contributed by atoms with Gasteiger partial charge in [-0.15, -0.1) is 0 Å². The second-order valence-electron chi connectivity index (χ2n) is 3.59. The minimum atomic E-state index is -4.63. The number of halogens is 3. The molecule has 0 amide bonds. The molecule has 0 spiro atoms. The number of oxazole rings is 1. The molecule has 0 radical (unpaired) electrons. The molecular formula is C11H8F3NO3. The van der Waals surface area contributed by atoms with Crippen molar-refractivity contribution >= 4 is 17.1 Å². The Hall–Kier alpha value is -2.05. The zero-order chi connectivity index (χ0) is 13.5. The maximum Gasteiger partial charge on any atom is 0.420 e. The van der Waals surface area contributed by atoms with E-state index in [4.69, 9.17) is 4.42 Å². The average Bonchev–Trinajstić information content (AvgIpc) is 2.65. The highest BCUT2D eigenvalue weighted by Crippen LogP contribution is 2.36. The molecule has 0 N–H and O–H groups in total. The molecule has 0 saturated carbocycles. The minimum absolute atomic E-state index is 0.0253. The minimum Gasteiger partial charge on any atom is -0.465 e. The third-order valence-corrected chi connectivity index (χ3v) is 2.32. The van der Waals surface area contributed by atoms with Crippen LogP contribution in [0.1, 0.15) is 21.8 Å². The fraction of sp³-hybridized carbons (Fsp3) is 0.273. The van der Waals surface area contributed by atoms with E-state index in [0.717, 1.165) is 7.11 Å². The Bertz CT molecular complexity index is 616. The van der Waals surface area contributed by atoms with Gasteiger partial charge < -0.3 is 9.15 Å². The maximum atomic E-state index is 12.8. The van der Waals surface area contributed by atoms with Crippen LogP contribution in [0.25, 0.3) is 11.1 Å². The molecule has 0 saturated heterocycles. The van der Waals surface area contributed by atoms with Crippen LogP contribution in [0.3, 0.4) is 0 Å². The SMILES string of the molecule is COC(=O)c1cc(C(F)(F)F)c2oc(C)nc2c1. The number of carbonyl (C=O) groups is 1. The smallest absolute Gasteiger partial charge is 0.420 e. The second-order valence-corrected chi connectivity index (χ2v) is 3.59. The summed E-state index contributed by atoms with van der Waals surface area (Å²) in [5.74, 6) is -0.763. The molecule has 1 heterocycles. The van der Waals surface area contributed by atoms with Crippen LogP contribution >= 0.6 is 0 Å². The lowest BCUT2D eigenvalue weighted by Gasteiger charge is -2.08. The third kappa shape index (κ3) is 2.03. The number of hydrogen-bond acceptors (Lipinski definition) is 4. The molecule has 1 aromatic carbocycles. The molecule has 1 aromatic heterocycles. The van der Waals surface area contributed by atoms with Gasteiger partial charge >= 0.3 is 12.1 Å². The van der Waals surface area contributed by atoms with Gasteiger partial charge in [-0.25, -0.2) is 9.78 Å². The van der Waals surface area contributed by atoms with Gasteiger partial charge in [0.1, 0.15) is 11.1 Å². The highest BCUT2D eigenvalue weighted by molar-refractivity contribution is 5.94. The van der Waals surface area contributed by atoms with Crippen molar-refractivity contribution < 1.29 is 27.1 Å². The quantitative estimate of drug-likeness (QED) is 0.739. The van der Waals surface area contributed by atoms with E-state index >= 15 is 0 Å². The number of aromatic nitrogens is 1. The molecule has 0 unspecified atom stereocenters. The zero-order valence-electron chi connectivity index (χ0n) is 9.46. The van der Waals surface area contributed by atoms with Crippen molar-refractivity contribution in [3.05, 3.63) is 29.2 Å². The van der Waals surface area contributed by atoms with Crippen molar-refractivity contribution in [3.63, 3.8) is 0 Å². The van der Waals surface area contributed by atoms with Crippen LogP contribution in [-0.4, -0.2) is 18.1 Å². The topological polar surface area (TPSA) is 52.3 Å². The third-order valence-electron chi connectivity index (χ3n) is 2.32. The molecule has 4 nitrogen and oxygen atoms in total. The van der Waals surface area contributed by atoms with Gasteiger partial charge in [-0.1, -0.05) is 0 Å². The van der Waals surface area contributed by atoms with Crippen molar-refractivity contribution in [3.8, 4) is 0 Å². The van der Waals surface area contributed by atoms with Crippen molar-refractivity contribution in [2.75, 3.05) is 7.11 Å². The number of esters is 1. The van der Waals surface area contributed by atoms with Gasteiger partial charge in [-0.3, -0.25) is 0 Å². The Morgan fingerprint density at radius 2 is 2.06 bits per heavy atom. The van der Waals surface area contributed by atoms with Gasteiger partial charge in [0.25, 0.3) is 0 Å². The predicted octanol–water partition coefficient (Wildman–Crippen LogP) is 2.94. The summed E-state index contributed by atoms with van der Waals surface area (Å²) in [7, 11) is 1.09. The Kier molecular flexibility index (Phi) is 2.76.